The van der Waals surface area contributed by atoms with E-state index in [2.05, 4.69) is 0 Å². The fourth-order valence-electron chi connectivity index (χ4n) is 2.31. The zero-order valence-corrected chi connectivity index (χ0v) is 11.0. The highest BCUT2D eigenvalue weighted by Gasteiger charge is 2.58. The Morgan fingerprint density at radius 1 is 1.39 bits per heavy atom. The van der Waals surface area contributed by atoms with Gasteiger partial charge in [-0.2, -0.15) is 16.8 Å². The van der Waals surface area contributed by atoms with Gasteiger partial charge >= 0.3 is 10.4 Å². The third-order valence-electron chi connectivity index (χ3n) is 2.95. The van der Waals surface area contributed by atoms with E-state index in [4.69, 9.17) is 13.5 Å². The molecule has 0 radical (unpaired) electrons. The predicted octanol–water partition coefficient (Wildman–Crippen LogP) is -2.08. The summed E-state index contributed by atoms with van der Waals surface area (Å²) in [6.07, 6.45) is -0.511. The maximum absolute atomic E-state index is 11.0. The lowest BCUT2D eigenvalue weighted by Gasteiger charge is -2.51. The first-order valence-electron chi connectivity index (χ1n) is 5.79. The van der Waals surface area contributed by atoms with E-state index >= 15 is 0 Å². The fourth-order valence-corrected chi connectivity index (χ4v) is 3.28. The van der Waals surface area contributed by atoms with Gasteiger partial charge in [0.2, 0.25) is 0 Å². The summed E-state index contributed by atoms with van der Waals surface area (Å²) in [5.74, 6) is -1.34. The molecule has 8 nitrogen and oxygen atoms in total. The largest absolute Gasteiger partial charge is 0.407 e. The van der Waals surface area contributed by atoms with Crippen LogP contribution in [-0.2, 0) is 18.8 Å². The van der Waals surface area contributed by atoms with Crippen LogP contribution in [0.1, 0.15) is 6.92 Å². The number of rotatable bonds is 4. The van der Waals surface area contributed by atoms with Crippen LogP contribution in [0.25, 0.3) is 0 Å². The normalized spacial score (nSPS) is 29.1. The monoisotopic (exact) mass is 282 g/mol. The molecule has 1 unspecified atom stereocenters. The Labute approximate surface area is 106 Å². The second kappa shape index (κ2) is 5.00. The standard InChI is InChI=1S/C9H18N2O6S/c1-8(13)6-10-2-3-11(4-5-12)9(7-10)16-18(14,15)17-9/h8,12-13H,2-7H2,1H3. The van der Waals surface area contributed by atoms with Gasteiger partial charge in [0.1, 0.15) is 0 Å². The average Bonchev–Trinajstić information content (AvgIpc) is 2.18. The summed E-state index contributed by atoms with van der Waals surface area (Å²) in [6, 6.07) is 0. The molecular formula is C9H18N2O6S. The number of aliphatic hydroxyl groups excluding tert-OH is 2. The molecule has 0 saturated carbocycles. The van der Waals surface area contributed by atoms with Crippen LogP contribution in [0.5, 0.6) is 0 Å². The SMILES string of the molecule is CC(O)CN1CCN(CCO)C2(C1)OS(=O)(=O)O2. The highest BCUT2D eigenvalue weighted by Crippen LogP contribution is 2.36. The third kappa shape index (κ3) is 2.82. The van der Waals surface area contributed by atoms with Crippen molar-refractivity contribution in [2.24, 2.45) is 0 Å². The van der Waals surface area contributed by atoms with Gasteiger partial charge in [-0.05, 0) is 6.92 Å². The molecule has 2 fully saturated rings. The van der Waals surface area contributed by atoms with Crippen molar-refractivity contribution in [2.45, 2.75) is 18.9 Å². The van der Waals surface area contributed by atoms with Crippen LogP contribution in [0.3, 0.4) is 0 Å². The summed E-state index contributed by atoms with van der Waals surface area (Å²) in [7, 11) is -3.91. The Morgan fingerprint density at radius 3 is 2.56 bits per heavy atom. The second-order valence-corrected chi connectivity index (χ2v) is 5.73. The van der Waals surface area contributed by atoms with E-state index in [1.165, 1.54) is 0 Å². The van der Waals surface area contributed by atoms with Gasteiger partial charge in [-0.25, -0.2) is 4.90 Å². The maximum atomic E-state index is 11.0. The van der Waals surface area contributed by atoms with Gasteiger partial charge in [0, 0.05) is 26.2 Å². The summed E-state index contributed by atoms with van der Waals surface area (Å²) >= 11 is 0. The first-order chi connectivity index (χ1) is 8.37. The Morgan fingerprint density at radius 2 is 2.06 bits per heavy atom. The number of hydrogen-bond donors (Lipinski definition) is 2. The van der Waals surface area contributed by atoms with Gasteiger partial charge in [-0.3, -0.25) is 4.90 Å². The van der Waals surface area contributed by atoms with Gasteiger partial charge in [-0.15, -0.1) is 0 Å². The van der Waals surface area contributed by atoms with E-state index in [-0.39, 0.29) is 19.7 Å². The highest BCUT2D eigenvalue weighted by molar-refractivity contribution is 7.82. The van der Waals surface area contributed by atoms with Crippen molar-refractivity contribution >= 4 is 10.4 Å². The minimum Gasteiger partial charge on any atom is -0.395 e. The van der Waals surface area contributed by atoms with Gasteiger partial charge in [-0.1, -0.05) is 0 Å². The lowest BCUT2D eigenvalue weighted by Crippen LogP contribution is -2.71. The van der Waals surface area contributed by atoms with Crippen LogP contribution in [0, 0.1) is 0 Å². The summed E-state index contributed by atoms with van der Waals surface area (Å²) < 4.78 is 31.8. The lowest BCUT2D eigenvalue weighted by molar-refractivity contribution is -0.304. The molecule has 106 valence electrons. The van der Waals surface area contributed by atoms with Crippen LogP contribution in [0.2, 0.25) is 0 Å². The molecule has 1 atom stereocenters. The number of nitrogens with zero attached hydrogens (tertiary/aromatic N) is 2. The van der Waals surface area contributed by atoms with Crippen molar-refractivity contribution in [2.75, 3.05) is 39.3 Å². The summed E-state index contributed by atoms with van der Waals surface area (Å²) in [6.45, 7) is 3.62. The molecule has 9 heteroatoms. The minimum atomic E-state index is -3.91. The maximum Gasteiger partial charge on any atom is 0.407 e. The topological polar surface area (TPSA) is 99.5 Å². The van der Waals surface area contributed by atoms with E-state index in [0.717, 1.165) is 0 Å². The Kier molecular flexibility index (Phi) is 3.93. The van der Waals surface area contributed by atoms with E-state index in [1.807, 2.05) is 4.90 Å². The van der Waals surface area contributed by atoms with Gasteiger partial charge in [0.05, 0.1) is 19.3 Å². The van der Waals surface area contributed by atoms with Crippen LogP contribution in [-0.4, -0.2) is 79.8 Å². The minimum absolute atomic E-state index is 0.106. The number of β-amino-alcohol motifs (C(OH)–C–C–N with tert-alkyl or cyclic N) is 2. The number of hydrogen-bond acceptors (Lipinski definition) is 8. The number of piperazine rings is 1. The Balaban J connectivity index is 2.05. The molecule has 2 rings (SSSR count). The molecule has 18 heavy (non-hydrogen) atoms. The van der Waals surface area contributed by atoms with Crippen LogP contribution in [0.4, 0.5) is 0 Å². The molecule has 0 aliphatic carbocycles. The van der Waals surface area contributed by atoms with E-state index in [0.29, 0.717) is 19.6 Å². The fraction of sp³-hybridized carbons (Fsp3) is 1.00. The molecule has 2 N–H and O–H groups in total. The molecule has 2 aliphatic rings. The molecule has 1 spiro atoms. The lowest BCUT2D eigenvalue weighted by atomic mass is 10.2. The summed E-state index contributed by atoms with van der Waals surface area (Å²) in [5.41, 5.74) is 0. The van der Waals surface area contributed by atoms with E-state index < -0.39 is 22.4 Å². The summed E-state index contributed by atoms with van der Waals surface area (Å²) in [4.78, 5) is 3.51. The molecule has 2 saturated heterocycles. The van der Waals surface area contributed by atoms with Crippen molar-refractivity contribution in [3.8, 4) is 0 Å². The van der Waals surface area contributed by atoms with Crippen molar-refractivity contribution < 1.29 is 27.0 Å². The molecule has 0 amide bonds. The van der Waals surface area contributed by atoms with E-state index in [1.54, 1.807) is 11.8 Å². The molecule has 2 aliphatic heterocycles. The molecule has 0 aromatic carbocycles. The Bertz CT molecular complexity index is 386. The Hall–Kier alpha value is -0.290. The molecular weight excluding hydrogens is 264 g/mol. The van der Waals surface area contributed by atoms with Crippen LogP contribution >= 0.6 is 0 Å². The molecule has 0 aromatic rings. The van der Waals surface area contributed by atoms with Crippen molar-refractivity contribution in [3.63, 3.8) is 0 Å². The number of aliphatic hydroxyl groups is 2. The van der Waals surface area contributed by atoms with Crippen molar-refractivity contribution in [1.29, 1.82) is 0 Å². The van der Waals surface area contributed by atoms with Crippen molar-refractivity contribution in [1.82, 2.24) is 9.80 Å². The zero-order chi connectivity index (χ0) is 13.4. The van der Waals surface area contributed by atoms with Gasteiger partial charge < -0.3 is 10.2 Å². The predicted molar refractivity (Wildman–Crippen MR) is 60.6 cm³/mol. The first-order valence-corrected chi connectivity index (χ1v) is 7.13. The van der Waals surface area contributed by atoms with Crippen molar-refractivity contribution in [3.05, 3.63) is 0 Å². The first kappa shape index (κ1) is 14.1. The van der Waals surface area contributed by atoms with Gasteiger partial charge in [0.25, 0.3) is 5.91 Å². The van der Waals surface area contributed by atoms with Gasteiger partial charge in [0.15, 0.2) is 0 Å². The molecule has 0 bridgehead atoms. The smallest absolute Gasteiger partial charge is 0.395 e. The average molecular weight is 282 g/mol. The zero-order valence-electron chi connectivity index (χ0n) is 10.2. The third-order valence-corrected chi connectivity index (χ3v) is 3.88. The second-order valence-electron chi connectivity index (χ2n) is 4.58. The highest BCUT2D eigenvalue weighted by atomic mass is 32.3. The van der Waals surface area contributed by atoms with Crippen LogP contribution < -0.4 is 0 Å². The van der Waals surface area contributed by atoms with E-state index in [9.17, 15) is 13.5 Å². The quantitative estimate of drug-likeness (QED) is 0.606. The molecule has 0 aromatic heterocycles. The molecule has 2 heterocycles. The summed E-state index contributed by atoms with van der Waals surface area (Å²) in [5, 5.41) is 18.3. The van der Waals surface area contributed by atoms with Crippen LogP contribution in [0.15, 0.2) is 0 Å².